The van der Waals surface area contributed by atoms with Crippen LogP contribution in [0.3, 0.4) is 0 Å². The molecule has 2 aromatic carbocycles. The van der Waals surface area contributed by atoms with Gasteiger partial charge in [-0.15, -0.1) is 0 Å². The molecule has 0 fully saturated rings. The van der Waals surface area contributed by atoms with E-state index in [1.807, 2.05) is 67.1 Å². The first-order valence-electron chi connectivity index (χ1n) is 9.85. The largest absolute Gasteiger partial charge is 0.348 e. The first-order chi connectivity index (χ1) is 14.1. The molecule has 0 unspecified atom stereocenters. The van der Waals surface area contributed by atoms with Crippen molar-refractivity contribution in [2.24, 2.45) is 0 Å². The molecule has 5 heteroatoms. The van der Waals surface area contributed by atoms with E-state index >= 15 is 0 Å². The van der Waals surface area contributed by atoms with Gasteiger partial charge < -0.3 is 5.32 Å². The molecule has 0 aliphatic rings. The van der Waals surface area contributed by atoms with Gasteiger partial charge in [-0.2, -0.15) is 5.10 Å². The molecule has 2 aromatic heterocycles. The zero-order valence-corrected chi connectivity index (χ0v) is 16.9. The normalized spacial score (nSPS) is 11.0. The Balaban J connectivity index is 1.73. The average Bonchev–Trinajstić information content (AvgIpc) is 3.08. The third kappa shape index (κ3) is 3.76. The van der Waals surface area contributed by atoms with E-state index in [0.717, 1.165) is 34.4 Å². The van der Waals surface area contributed by atoms with Gasteiger partial charge in [0.1, 0.15) is 0 Å². The van der Waals surface area contributed by atoms with Crippen molar-refractivity contribution < 1.29 is 4.79 Å². The smallest absolute Gasteiger partial charge is 0.252 e. The molecule has 1 amide bonds. The highest BCUT2D eigenvalue weighted by Gasteiger charge is 2.19. The predicted octanol–water partition coefficient (Wildman–Crippen LogP) is 4.53. The van der Waals surface area contributed by atoms with Gasteiger partial charge in [0.15, 0.2) is 5.65 Å². The minimum atomic E-state index is -0.117. The Labute approximate surface area is 170 Å². The van der Waals surface area contributed by atoms with Crippen molar-refractivity contribution >= 4 is 16.9 Å². The van der Waals surface area contributed by atoms with E-state index in [-0.39, 0.29) is 5.91 Å². The van der Waals surface area contributed by atoms with E-state index in [2.05, 4.69) is 24.4 Å². The second-order valence-electron chi connectivity index (χ2n) is 7.20. The minimum Gasteiger partial charge on any atom is -0.348 e. The van der Waals surface area contributed by atoms with Gasteiger partial charge >= 0.3 is 0 Å². The molecular weight excluding hydrogens is 360 g/mol. The number of hydrogen-bond acceptors (Lipinski definition) is 3. The Bertz CT molecular complexity index is 1160. The van der Waals surface area contributed by atoms with Crippen LogP contribution in [0.5, 0.6) is 0 Å². The maximum Gasteiger partial charge on any atom is 0.252 e. The topological polar surface area (TPSA) is 59.8 Å². The number of aryl methyl sites for hydroxylation is 3. The lowest BCUT2D eigenvalue weighted by Crippen LogP contribution is -2.23. The van der Waals surface area contributed by atoms with Crippen molar-refractivity contribution in [1.82, 2.24) is 20.1 Å². The highest BCUT2D eigenvalue weighted by atomic mass is 16.1. The van der Waals surface area contributed by atoms with Crippen LogP contribution < -0.4 is 5.32 Å². The number of amides is 1. The van der Waals surface area contributed by atoms with Crippen LogP contribution in [-0.2, 0) is 13.0 Å². The molecule has 0 saturated heterocycles. The third-order valence-electron chi connectivity index (χ3n) is 5.07. The van der Waals surface area contributed by atoms with Crippen LogP contribution in [0.1, 0.15) is 39.8 Å². The van der Waals surface area contributed by atoms with Crippen molar-refractivity contribution in [3.05, 3.63) is 88.7 Å². The highest BCUT2D eigenvalue weighted by molar-refractivity contribution is 6.06. The number of rotatable bonds is 5. The summed E-state index contributed by atoms with van der Waals surface area (Å²) in [6, 6.07) is 20.0. The summed E-state index contributed by atoms with van der Waals surface area (Å²) in [5.41, 5.74) is 6.16. The molecular formula is C24H24N4O. The van der Waals surface area contributed by atoms with E-state index in [4.69, 9.17) is 10.1 Å². The highest BCUT2D eigenvalue weighted by Crippen LogP contribution is 2.25. The average molecular weight is 384 g/mol. The lowest BCUT2D eigenvalue weighted by molar-refractivity contribution is 0.0952. The lowest BCUT2D eigenvalue weighted by Gasteiger charge is -2.09. The molecule has 0 saturated carbocycles. The fourth-order valence-electron chi connectivity index (χ4n) is 3.52. The summed E-state index contributed by atoms with van der Waals surface area (Å²) in [4.78, 5) is 17.7. The summed E-state index contributed by atoms with van der Waals surface area (Å²) in [6.45, 7) is 6.44. The van der Waals surface area contributed by atoms with Crippen molar-refractivity contribution in [3.8, 4) is 5.69 Å². The van der Waals surface area contributed by atoms with Crippen LogP contribution in [0.25, 0.3) is 16.7 Å². The summed E-state index contributed by atoms with van der Waals surface area (Å²) < 4.78 is 1.82. The molecule has 0 aliphatic carbocycles. The van der Waals surface area contributed by atoms with Gasteiger partial charge in [-0.1, -0.05) is 49.4 Å². The summed E-state index contributed by atoms with van der Waals surface area (Å²) >= 11 is 0. The molecule has 4 aromatic rings. The van der Waals surface area contributed by atoms with Crippen LogP contribution in [-0.4, -0.2) is 20.7 Å². The Kier molecular flexibility index (Phi) is 5.12. The Morgan fingerprint density at radius 3 is 2.41 bits per heavy atom. The number of carbonyl (C=O) groups excluding carboxylic acids is 1. The number of nitrogens with zero attached hydrogens (tertiary/aromatic N) is 3. The number of benzene rings is 2. The molecule has 0 atom stereocenters. The van der Waals surface area contributed by atoms with Crippen molar-refractivity contribution in [1.29, 1.82) is 0 Å². The zero-order chi connectivity index (χ0) is 20.4. The summed E-state index contributed by atoms with van der Waals surface area (Å²) in [5.74, 6) is -0.117. The third-order valence-corrected chi connectivity index (χ3v) is 5.07. The van der Waals surface area contributed by atoms with Crippen LogP contribution in [0.2, 0.25) is 0 Å². The Hall–Kier alpha value is -3.47. The van der Waals surface area contributed by atoms with E-state index in [1.165, 1.54) is 5.56 Å². The first kappa shape index (κ1) is 18.9. The standard InChI is InChI=1S/C24H24N4O/c1-4-18-10-12-20(13-11-18)28-23-22(17(3)27-28)21(14-16(2)26-23)24(29)25-15-19-8-6-5-7-9-19/h5-14H,4,15H2,1-3H3,(H,25,29). The van der Waals surface area contributed by atoms with Gasteiger partial charge in [0.05, 0.1) is 22.3 Å². The number of pyridine rings is 1. The molecule has 146 valence electrons. The number of carbonyl (C=O) groups is 1. The fraction of sp³-hybridized carbons (Fsp3) is 0.208. The molecule has 0 aliphatic heterocycles. The molecule has 4 rings (SSSR count). The molecule has 0 spiro atoms. The maximum atomic E-state index is 13.0. The molecule has 29 heavy (non-hydrogen) atoms. The Morgan fingerprint density at radius 1 is 1.00 bits per heavy atom. The lowest BCUT2D eigenvalue weighted by atomic mass is 10.1. The first-order valence-corrected chi connectivity index (χ1v) is 9.85. The number of fused-ring (bicyclic) bond motifs is 1. The van der Waals surface area contributed by atoms with Crippen molar-refractivity contribution in [2.45, 2.75) is 33.7 Å². The molecule has 0 radical (unpaired) electrons. The van der Waals surface area contributed by atoms with Gasteiger partial charge in [0.25, 0.3) is 5.91 Å². The number of nitrogens with one attached hydrogen (secondary N) is 1. The monoisotopic (exact) mass is 384 g/mol. The van der Waals surface area contributed by atoms with Gasteiger partial charge in [-0.05, 0) is 49.6 Å². The van der Waals surface area contributed by atoms with Crippen LogP contribution in [0.15, 0.2) is 60.7 Å². The maximum absolute atomic E-state index is 13.0. The molecule has 1 N–H and O–H groups in total. The van der Waals surface area contributed by atoms with Gasteiger partial charge in [0, 0.05) is 12.2 Å². The van der Waals surface area contributed by atoms with Gasteiger partial charge in [-0.25, -0.2) is 9.67 Å². The molecule has 0 bridgehead atoms. The summed E-state index contributed by atoms with van der Waals surface area (Å²) in [7, 11) is 0. The molecule has 5 nitrogen and oxygen atoms in total. The van der Waals surface area contributed by atoms with E-state index in [9.17, 15) is 4.79 Å². The number of aromatic nitrogens is 3. The van der Waals surface area contributed by atoms with Crippen LogP contribution >= 0.6 is 0 Å². The summed E-state index contributed by atoms with van der Waals surface area (Å²) in [5, 5.41) is 8.51. The van der Waals surface area contributed by atoms with Crippen molar-refractivity contribution in [2.75, 3.05) is 0 Å². The zero-order valence-electron chi connectivity index (χ0n) is 16.9. The fourth-order valence-corrected chi connectivity index (χ4v) is 3.52. The second kappa shape index (κ2) is 7.87. The van der Waals surface area contributed by atoms with E-state index in [1.54, 1.807) is 0 Å². The number of hydrogen-bond donors (Lipinski definition) is 1. The Morgan fingerprint density at radius 2 is 1.72 bits per heavy atom. The summed E-state index contributed by atoms with van der Waals surface area (Å²) in [6.07, 6.45) is 0.988. The molecule has 2 heterocycles. The van der Waals surface area contributed by atoms with E-state index in [0.29, 0.717) is 17.8 Å². The second-order valence-corrected chi connectivity index (χ2v) is 7.20. The SMILES string of the molecule is CCc1ccc(-n2nc(C)c3c(C(=O)NCc4ccccc4)cc(C)nc32)cc1. The van der Waals surface area contributed by atoms with Crippen LogP contribution in [0.4, 0.5) is 0 Å². The minimum absolute atomic E-state index is 0.117. The van der Waals surface area contributed by atoms with E-state index < -0.39 is 0 Å². The van der Waals surface area contributed by atoms with Crippen molar-refractivity contribution in [3.63, 3.8) is 0 Å². The quantitative estimate of drug-likeness (QED) is 0.550. The van der Waals surface area contributed by atoms with Crippen LogP contribution in [0, 0.1) is 13.8 Å². The predicted molar refractivity (Wildman–Crippen MR) is 115 cm³/mol. The van der Waals surface area contributed by atoms with Gasteiger partial charge in [-0.3, -0.25) is 4.79 Å². The van der Waals surface area contributed by atoms with Gasteiger partial charge in [0.2, 0.25) is 0 Å².